The number of piperidine rings is 1. The number of ether oxygens (including phenoxy) is 1. The topological polar surface area (TPSA) is 41.6 Å². The zero-order valence-electron chi connectivity index (χ0n) is 11.3. The van der Waals surface area contributed by atoms with Crippen LogP contribution >= 0.6 is 0 Å². The summed E-state index contributed by atoms with van der Waals surface area (Å²) >= 11 is 0. The maximum atomic E-state index is 12.5. The van der Waals surface area contributed by atoms with Gasteiger partial charge in [-0.1, -0.05) is 0 Å². The van der Waals surface area contributed by atoms with Crippen LogP contribution in [0.5, 0.6) is 0 Å². The van der Waals surface area contributed by atoms with Crippen molar-refractivity contribution < 1.29 is 9.53 Å². The van der Waals surface area contributed by atoms with E-state index in [1.807, 2.05) is 0 Å². The third kappa shape index (κ3) is 2.16. The van der Waals surface area contributed by atoms with Crippen LogP contribution in [0.4, 0.5) is 0 Å². The van der Waals surface area contributed by atoms with E-state index < -0.39 is 0 Å². The lowest BCUT2D eigenvalue weighted by Gasteiger charge is -2.25. The number of amides is 1. The third-order valence-corrected chi connectivity index (χ3v) is 5.09. The van der Waals surface area contributed by atoms with Crippen molar-refractivity contribution in [3.63, 3.8) is 0 Å². The van der Waals surface area contributed by atoms with Crippen LogP contribution < -0.4 is 5.32 Å². The molecule has 3 rings (SSSR count). The van der Waals surface area contributed by atoms with Crippen molar-refractivity contribution in [1.29, 1.82) is 0 Å². The van der Waals surface area contributed by atoms with Crippen LogP contribution in [0.15, 0.2) is 0 Å². The molecule has 2 atom stereocenters. The van der Waals surface area contributed by atoms with Gasteiger partial charge in [0.15, 0.2) is 0 Å². The fraction of sp³-hybridized carbons (Fsp3) is 0.929. The molecule has 4 nitrogen and oxygen atoms in total. The van der Waals surface area contributed by atoms with Gasteiger partial charge in [-0.05, 0) is 44.2 Å². The SMILES string of the molecule is COCC1CCN(C(=O)C2CC23CCNCC3)C1. The van der Waals surface area contributed by atoms with Crippen LogP contribution in [0, 0.1) is 17.3 Å². The minimum absolute atomic E-state index is 0.334. The normalized spacial score (nSPS) is 33.9. The van der Waals surface area contributed by atoms with Crippen LogP contribution in [0.1, 0.15) is 25.7 Å². The van der Waals surface area contributed by atoms with Crippen molar-refractivity contribution in [2.75, 3.05) is 39.9 Å². The Kier molecular flexibility index (Phi) is 3.32. The van der Waals surface area contributed by atoms with Gasteiger partial charge in [0, 0.05) is 32.0 Å². The van der Waals surface area contributed by atoms with Gasteiger partial charge in [-0.3, -0.25) is 4.79 Å². The Morgan fingerprint density at radius 3 is 2.94 bits per heavy atom. The summed E-state index contributed by atoms with van der Waals surface area (Å²) in [6.07, 6.45) is 4.64. The average Bonchev–Trinajstić information content (AvgIpc) is 2.87. The smallest absolute Gasteiger partial charge is 0.226 e. The molecule has 1 aliphatic carbocycles. The van der Waals surface area contributed by atoms with Gasteiger partial charge in [0.25, 0.3) is 0 Å². The molecule has 4 heteroatoms. The highest BCUT2D eigenvalue weighted by Gasteiger charge is 2.58. The van der Waals surface area contributed by atoms with Gasteiger partial charge in [0.2, 0.25) is 5.91 Å². The molecule has 0 aromatic heterocycles. The minimum Gasteiger partial charge on any atom is -0.384 e. The lowest BCUT2D eigenvalue weighted by Crippen LogP contribution is -2.35. The minimum atomic E-state index is 0.334. The van der Waals surface area contributed by atoms with Crippen molar-refractivity contribution in [2.24, 2.45) is 17.3 Å². The number of methoxy groups -OCH3 is 1. The summed E-state index contributed by atoms with van der Waals surface area (Å²) in [6, 6.07) is 0. The first-order valence-electron chi connectivity index (χ1n) is 7.24. The second-order valence-corrected chi connectivity index (χ2v) is 6.26. The molecular formula is C14H24N2O2. The molecule has 18 heavy (non-hydrogen) atoms. The first-order chi connectivity index (χ1) is 8.75. The number of hydrogen-bond donors (Lipinski definition) is 1. The highest BCUT2D eigenvalue weighted by Crippen LogP contribution is 2.59. The summed E-state index contributed by atoms with van der Waals surface area (Å²) in [7, 11) is 1.75. The quantitative estimate of drug-likeness (QED) is 0.810. The van der Waals surface area contributed by atoms with Gasteiger partial charge in [-0.25, -0.2) is 0 Å². The molecule has 0 radical (unpaired) electrons. The third-order valence-electron chi connectivity index (χ3n) is 5.09. The van der Waals surface area contributed by atoms with Gasteiger partial charge in [0.05, 0.1) is 6.61 Å². The summed E-state index contributed by atoms with van der Waals surface area (Å²) in [5.41, 5.74) is 0.377. The fourth-order valence-corrected chi connectivity index (χ4v) is 3.80. The molecule has 1 N–H and O–H groups in total. The maximum Gasteiger partial charge on any atom is 0.226 e. The van der Waals surface area contributed by atoms with E-state index in [0.29, 0.717) is 23.2 Å². The van der Waals surface area contributed by atoms with Crippen LogP contribution in [-0.4, -0.2) is 50.7 Å². The molecule has 0 aromatic rings. The number of carbonyl (C=O) groups is 1. The Hall–Kier alpha value is -0.610. The second kappa shape index (κ2) is 4.82. The van der Waals surface area contributed by atoms with E-state index in [1.54, 1.807) is 7.11 Å². The molecule has 0 aromatic carbocycles. The van der Waals surface area contributed by atoms with E-state index in [1.165, 1.54) is 12.8 Å². The lowest BCUT2D eigenvalue weighted by molar-refractivity contribution is -0.132. The molecule has 1 spiro atoms. The van der Waals surface area contributed by atoms with Crippen LogP contribution in [0.3, 0.4) is 0 Å². The maximum absolute atomic E-state index is 12.5. The highest BCUT2D eigenvalue weighted by molar-refractivity contribution is 5.83. The number of likely N-dealkylation sites (tertiary alicyclic amines) is 1. The van der Waals surface area contributed by atoms with E-state index in [4.69, 9.17) is 4.74 Å². The highest BCUT2D eigenvalue weighted by atomic mass is 16.5. The van der Waals surface area contributed by atoms with E-state index in [0.717, 1.165) is 45.6 Å². The summed E-state index contributed by atoms with van der Waals surface area (Å²) in [6.45, 7) is 4.84. The van der Waals surface area contributed by atoms with E-state index in [-0.39, 0.29) is 0 Å². The van der Waals surface area contributed by atoms with Crippen molar-refractivity contribution >= 4 is 5.91 Å². The monoisotopic (exact) mass is 252 g/mol. The first-order valence-corrected chi connectivity index (χ1v) is 7.24. The molecular weight excluding hydrogens is 228 g/mol. The number of carbonyl (C=O) groups excluding carboxylic acids is 1. The number of rotatable bonds is 3. The predicted octanol–water partition coefficient (Wildman–Crippen LogP) is 0.871. The molecule has 3 aliphatic rings. The molecule has 1 amide bonds. The number of nitrogens with zero attached hydrogens (tertiary/aromatic N) is 1. The molecule has 2 saturated heterocycles. The van der Waals surface area contributed by atoms with Gasteiger partial charge < -0.3 is 15.0 Å². The standard InChI is InChI=1S/C14H24N2O2/c1-18-10-11-2-7-16(9-11)13(17)12-8-14(12)3-5-15-6-4-14/h11-12,15H,2-10H2,1H3. The predicted molar refractivity (Wildman–Crippen MR) is 69.2 cm³/mol. The molecule has 2 unspecified atom stereocenters. The summed E-state index contributed by atoms with van der Waals surface area (Å²) < 4.78 is 5.19. The first kappa shape index (κ1) is 12.4. The van der Waals surface area contributed by atoms with Gasteiger partial charge in [-0.15, -0.1) is 0 Å². The van der Waals surface area contributed by atoms with E-state index in [9.17, 15) is 4.79 Å². The zero-order chi connectivity index (χ0) is 12.6. The van der Waals surface area contributed by atoms with Gasteiger partial charge in [0.1, 0.15) is 0 Å². The Bertz CT molecular complexity index is 326. The van der Waals surface area contributed by atoms with E-state index >= 15 is 0 Å². The molecule has 2 aliphatic heterocycles. The fourth-order valence-electron chi connectivity index (χ4n) is 3.80. The van der Waals surface area contributed by atoms with Gasteiger partial charge >= 0.3 is 0 Å². The Morgan fingerprint density at radius 2 is 2.22 bits per heavy atom. The van der Waals surface area contributed by atoms with Crippen molar-refractivity contribution in [3.8, 4) is 0 Å². The largest absolute Gasteiger partial charge is 0.384 e. The van der Waals surface area contributed by atoms with Crippen LogP contribution in [0.25, 0.3) is 0 Å². The Labute approximate surface area is 109 Å². The summed E-state index contributed by atoms with van der Waals surface area (Å²) in [5, 5.41) is 3.39. The Morgan fingerprint density at radius 1 is 1.44 bits per heavy atom. The van der Waals surface area contributed by atoms with E-state index in [2.05, 4.69) is 10.2 Å². The van der Waals surface area contributed by atoms with Crippen molar-refractivity contribution in [1.82, 2.24) is 10.2 Å². The number of nitrogens with one attached hydrogen (secondary N) is 1. The molecule has 3 fully saturated rings. The molecule has 2 heterocycles. The summed E-state index contributed by atoms with van der Waals surface area (Å²) in [4.78, 5) is 14.6. The molecule has 102 valence electrons. The summed E-state index contributed by atoms with van der Waals surface area (Å²) in [5.74, 6) is 1.32. The van der Waals surface area contributed by atoms with Crippen LogP contribution in [0.2, 0.25) is 0 Å². The van der Waals surface area contributed by atoms with Crippen LogP contribution in [-0.2, 0) is 9.53 Å². The zero-order valence-corrected chi connectivity index (χ0v) is 11.3. The van der Waals surface area contributed by atoms with Gasteiger partial charge in [-0.2, -0.15) is 0 Å². The Balaban J connectivity index is 1.54. The molecule has 0 bridgehead atoms. The average molecular weight is 252 g/mol. The molecule has 1 saturated carbocycles. The van der Waals surface area contributed by atoms with Crippen molar-refractivity contribution in [2.45, 2.75) is 25.7 Å². The number of hydrogen-bond acceptors (Lipinski definition) is 3. The van der Waals surface area contributed by atoms with Crippen molar-refractivity contribution in [3.05, 3.63) is 0 Å². The lowest BCUT2D eigenvalue weighted by atomic mass is 9.91. The second-order valence-electron chi connectivity index (χ2n) is 6.26.